The van der Waals surface area contributed by atoms with E-state index in [2.05, 4.69) is 27.2 Å². The number of rotatable bonds is 5. The minimum atomic E-state index is -0.0626. The van der Waals surface area contributed by atoms with Gasteiger partial charge in [-0.1, -0.05) is 30.1 Å². The van der Waals surface area contributed by atoms with Gasteiger partial charge in [0.15, 0.2) is 5.82 Å². The molecule has 8 heteroatoms. The van der Waals surface area contributed by atoms with Crippen LogP contribution in [-0.4, -0.2) is 44.9 Å². The highest BCUT2D eigenvalue weighted by Gasteiger charge is 2.33. The molecule has 1 aromatic carbocycles. The van der Waals surface area contributed by atoms with E-state index in [1.807, 2.05) is 17.0 Å². The molecule has 0 radical (unpaired) electrons. The Bertz CT molecular complexity index is 1050. The average molecular weight is 456 g/mol. The number of carbonyl (C=O) groups excluding carboxylic acids is 1. The van der Waals surface area contributed by atoms with Gasteiger partial charge in [-0.3, -0.25) is 4.79 Å². The van der Waals surface area contributed by atoms with E-state index < -0.39 is 0 Å². The number of aromatic nitrogens is 3. The molecule has 1 saturated heterocycles. The molecule has 0 saturated carbocycles. The number of halogens is 2. The molecule has 1 amide bonds. The second kappa shape index (κ2) is 9.62. The van der Waals surface area contributed by atoms with Crippen molar-refractivity contribution in [2.24, 2.45) is 5.92 Å². The number of likely N-dealkylation sites (tertiary alicyclic amines) is 1. The smallest absolute Gasteiger partial charge is 0.254 e. The Hall–Kier alpha value is -2.70. The van der Waals surface area contributed by atoms with E-state index in [0.29, 0.717) is 46.0 Å². The van der Waals surface area contributed by atoms with Crippen LogP contribution in [0.3, 0.4) is 0 Å². The van der Waals surface area contributed by atoms with E-state index in [0.717, 1.165) is 18.7 Å². The molecule has 0 bridgehead atoms. The van der Waals surface area contributed by atoms with Gasteiger partial charge in [0.2, 0.25) is 0 Å². The lowest BCUT2D eigenvalue weighted by atomic mass is 9.89. The summed E-state index contributed by atoms with van der Waals surface area (Å²) in [5, 5.41) is 4.45. The maximum Gasteiger partial charge on any atom is 0.254 e. The molecule has 2 aromatic heterocycles. The Labute approximate surface area is 191 Å². The SMILES string of the molecule is CC1CCCN(C(=O)c2cc(Cl)ccc2-c2ncccn2)[C@@H]1CNc1ccc(Cl)cn1. The van der Waals surface area contributed by atoms with Crippen LogP contribution in [0.5, 0.6) is 0 Å². The largest absolute Gasteiger partial charge is 0.368 e. The molecule has 31 heavy (non-hydrogen) atoms. The van der Waals surface area contributed by atoms with Crippen molar-refractivity contribution in [2.75, 3.05) is 18.4 Å². The molecule has 160 valence electrons. The van der Waals surface area contributed by atoms with Crippen LogP contribution in [0.4, 0.5) is 5.82 Å². The van der Waals surface area contributed by atoms with Crippen molar-refractivity contribution >= 4 is 34.9 Å². The van der Waals surface area contributed by atoms with Crippen LogP contribution in [0, 0.1) is 5.92 Å². The molecule has 1 aliphatic heterocycles. The van der Waals surface area contributed by atoms with Crippen LogP contribution < -0.4 is 5.32 Å². The van der Waals surface area contributed by atoms with Crippen molar-refractivity contribution in [1.82, 2.24) is 19.9 Å². The molecule has 0 spiro atoms. The third-order valence-electron chi connectivity index (χ3n) is 5.61. The number of benzene rings is 1. The van der Waals surface area contributed by atoms with Gasteiger partial charge in [0, 0.05) is 42.3 Å². The molecule has 2 atom stereocenters. The molecule has 1 fully saturated rings. The first-order valence-electron chi connectivity index (χ1n) is 10.3. The molecular formula is C23H23Cl2N5O. The third kappa shape index (κ3) is 4.97. The number of piperidine rings is 1. The van der Waals surface area contributed by atoms with Crippen molar-refractivity contribution in [3.8, 4) is 11.4 Å². The second-order valence-electron chi connectivity index (χ2n) is 7.69. The second-order valence-corrected chi connectivity index (χ2v) is 8.56. The van der Waals surface area contributed by atoms with Crippen LogP contribution >= 0.6 is 23.2 Å². The summed E-state index contributed by atoms with van der Waals surface area (Å²) in [6, 6.07) is 10.7. The highest BCUT2D eigenvalue weighted by atomic mass is 35.5. The maximum absolute atomic E-state index is 13.7. The number of nitrogens with one attached hydrogen (secondary N) is 1. The highest BCUT2D eigenvalue weighted by Crippen LogP contribution is 2.30. The molecule has 1 unspecified atom stereocenters. The standard InChI is InChI=1S/C23H23Cl2N5O/c1-15-4-2-11-30(20(15)14-29-21-8-6-17(25)13-28-21)23(31)19-12-16(24)5-7-18(19)22-26-9-3-10-27-22/h3,5-10,12-13,15,20H,2,4,11,14H2,1H3,(H,28,29)/t15?,20-/m1/s1. The minimum Gasteiger partial charge on any atom is -0.368 e. The van der Waals surface area contributed by atoms with Crippen molar-refractivity contribution in [2.45, 2.75) is 25.8 Å². The predicted molar refractivity (Wildman–Crippen MR) is 123 cm³/mol. The fourth-order valence-corrected chi connectivity index (χ4v) is 4.27. The number of carbonyl (C=O) groups is 1. The van der Waals surface area contributed by atoms with Gasteiger partial charge in [0.25, 0.3) is 5.91 Å². The summed E-state index contributed by atoms with van der Waals surface area (Å²) in [5.74, 6) is 1.52. The quantitative estimate of drug-likeness (QED) is 0.572. The summed E-state index contributed by atoms with van der Waals surface area (Å²) >= 11 is 12.2. The Morgan fingerprint density at radius 2 is 1.90 bits per heavy atom. The lowest BCUT2D eigenvalue weighted by molar-refractivity contribution is 0.0540. The average Bonchev–Trinajstić information content (AvgIpc) is 2.79. The number of hydrogen-bond donors (Lipinski definition) is 1. The van der Waals surface area contributed by atoms with Crippen LogP contribution in [0.25, 0.3) is 11.4 Å². The zero-order valence-corrected chi connectivity index (χ0v) is 18.6. The molecule has 3 aromatic rings. The fraction of sp³-hybridized carbons (Fsp3) is 0.304. The molecule has 4 rings (SSSR count). The van der Waals surface area contributed by atoms with Crippen LogP contribution in [0.15, 0.2) is 55.0 Å². The molecule has 3 heterocycles. The first-order valence-corrected chi connectivity index (χ1v) is 11.0. The lowest BCUT2D eigenvalue weighted by Gasteiger charge is -2.40. The van der Waals surface area contributed by atoms with Gasteiger partial charge in [-0.2, -0.15) is 0 Å². The number of hydrogen-bond acceptors (Lipinski definition) is 5. The van der Waals surface area contributed by atoms with Gasteiger partial charge < -0.3 is 10.2 Å². The van der Waals surface area contributed by atoms with E-state index in [1.165, 1.54) is 0 Å². The number of nitrogens with zero attached hydrogens (tertiary/aromatic N) is 4. The van der Waals surface area contributed by atoms with Crippen LogP contribution in [0.1, 0.15) is 30.1 Å². The van der Waals surface area contributed by atoms with Gasteiger partial charge in [-0.05, 0) is 55.2 Å². The molecule has 6 nitrogen and oxygen atoms in total. The van der Waals surface area contributed by atoms with Crippen LogP contribution in [-0.2, 0) is 0 Å². The number of pyridine rings is 1. The third-order valence-corrected chi connectivity index (χ3v) is 6.07. The number of anilines is 1. The molecule has 1 aliphatic rings. The van der Waals surface area contributed by atoms with Gasteiger partial charge in [0.05, 0.1) is 16.6 Å². The van der Waals surface area contributed by atoms with Gasteiger partial charge >= 0.3 is 0 Å². The summed E-state index contributed by atoms with van der Waals surface area (Å²) in [6.07, 6.45) is 6.96. The van der Waals surface area contributed by atoms with Crippen molar-refractivity contribution in [3.63, 3.8) is 0 Å². The first kappa shape index (κ1) is 21.5. The van der Waals surface area contributed by atoms with Crippen molar-refractivity contribution in [3.05, 3.63) is 70.6 Å². The van der Waals surface area contributed by atoms with Crippen molar-refractivity contribution in [1.29, 1.82) is 0 Å². The maximum atomic E-state index is 13.7. The van der Waals surface area contributed by atoms with Crippen LogP contribution in [0.2, 0.25) is 10.0 Å². The van der Waals surface area contributed by atoms with E-state index in [4.69, 9.17) is 23.2 Å². The Morgan fingerprint density at radius 3 is 2.65 bits per heavy atom. The summed E-state index contributed by atoms with van der Waals surface area (Å²) in [5.41, 5.74) is 1.20. The molecular weight excluding hydrogens is 433 g/mol. The van der Waals surface area contributed by atoms with Gasteiger partial charge in [-0.25, -0.2) is 15.0 Å². The van der Waals surface area contributed by atoms with Gasteiger partial charge in [0.1, 0.15) is 5.82 Å². The zero-order valence-electron chi connectivity index (χ0n) is 17.1. The molecule has 1 N–H and O–H groups in total. The van der Waals surface area contributed by atoms with Gasteiger partial charge in [-0.15, -0.1) is 0 Å². The Kier molecular flexibility index (Phi) is 6.68. The summed E-state index contributed by atoms with van der Waals surface area (Å²) in [6.45, 7) is 3.46. The van der Waals surface area contributed by atoms with E-state index in [9.17, 15) is 4.79 Å². The summed E-state index contributed by atoms with van der Waals surface area (Å²) in [4.78, 5) is 28.6. The fourth-order valence-electron chi connectivity index (χ4n) is 3.98. The minimum absolute atomic E-state index is 0.0160. The predicted octanol–water partition coefficient (Wildman–Crippen LogP) is 5.20. The normalized spacial score (nSPS) is 18.6. The Balaban J connectivity index is 1.61. The van der Waals surface area contributed by atoms with E-state index in [1.54, 1.807) is 42.9 Å². The summed E-state index contributed by atoms with van der Waals surface area (Å²) in [7, 11) is 0. The summed E-state index contributed by atoms with van der Waals surface area (Å²) < 4.78 is 0. The molecule has 0 aliphatic carbocycles. The Morgan fingerprint density at radius 1 is 1.13 bits per heavy atom. The topological polar surface area (TPSA) is 71.0 Å². The zero-order chi connectivity index (χ0) is 21.8. The number of amides is 1. The van der Waals surface area contributed by atoms with E-state index in [-0.39, 0.29) is 11.9 Å². The van der Waals surface area contributed by atoms with Crippen molar-refractivity contribution < 1.29 is 4.79 Å². The monoisotopic (exact) mass is 455 g/mol. The lowest BCUT2D eigenvalue weighted by Crippen LogP contribution is -2.51. The highest BCUT2D eigenvalue weighted by molar-refractivity contribution is 6.31. The van der Waals surface area contributed by atoms with E-state index >= 15 is 0 Å². The first-order chi connectivity index (χ1) is 15.0.